The van der Waals surface area contributed by atoms with Gasteiger partial charge in [0.1, 0.15) is 0 Å². The first-order valence-corrected chi connectivity index (χ1v) is 5.93. The zero-order valence-corrected chi connectivity index (χ0v) is 9.01. The van der Waals surface area contributed by atoms with Gasteiger partial charge in [-0.1, -0.05) is 0 Å². The summed E-state index contributed by atoms with van der Waals surface area (Å²) < 4.78 is 1.05. The summed E-state index contributed by atoms with van der Waals surface area (Å²) in [6.07, 6.45) is 7.69. The van der Waals surface area contributed by atoms with E-state index in [1.165, 1.54) is 29.5 Å². The minimum atomic E-state index is -0.240. The zero-order valence-electron chi connectivity index (χ0n) is 8.19. The summed E-state index contributed by atoms with van der Waals surface area (Å²) in [5.74, 6) is 0. The molecular weight excluding hydrogens is 208 g/mol. The molecule has 3 rings (SSSR count). The van der Waals surface area contributed by atoms with Gasteiger partial charge in [-0.2, -0.15) is 0 Å². The van der Waals surface area contributed by atoms with Gasteiger partial charge in [0.15, 0.2) is 0 Å². The van der Waals surface area contributed by atoms with Gasteiger partial charge in [0.05, 0.1) is 16.4 Å². The van der Waals surface area contributed by atoms with Crippen molar-refractivity contribution in [3.8, 4) is 0 Å². The molecule has 0 atom stereocenters. The van der Waals surface area contributed by atoms with Gasteiger partial charge in [0.25, 0.3) is 5.56 Å². The number of aromatic nitrogens is 2. The molecule has 0 aromatic carbocycles. The first kappa shape index (κ1) is 8.97. The average Bonchev–Trinajstić information content (AvgIpc) is 2.47. The molecule has 0 fully saturated rings. The standard InChI is InChI=1S/C11H10N2OS/c14-10-6-12-5-9-11(13-10)7-3-1-2-4-8(7)15-9/h5-6H,1-4H2. The van der Waals surface area contributed by atoms with Gasteiger partial charge in [-0.3, -0.25) is 9.78 Å². The first-order chi connectivity index (χ1) is 7.34. The fraction of sp³-hybridized carbons (Fsp3) is 0.364. The number of hydrogen-bond acceptors (Lipinski definition) is 4. The Morgan fingerprint density at radius 1 is 1.20 bits per heavy atom. The number of nitrogens with zero attached hydrogens (tertiary/aromatic N) is 2. The van der Waals surface area contributed by atoms with Crippen LogP contribution < -0.4 is 5.56 Å². The number of aryl methyl sites for hydroxylation is 2. The second-order valence-electron chi connectivity index (χ2n) is 3.78. The lowest BCUT2D eigenvalue weighted by molar-refractivity contribution is 0.699. The number of hydrogen-bond donors (Lipinski definition) is 0. The molecule has 0 radical (unpaired) electrons. The largest absolute Gasteiger partial charge is 0.288 e. The molecule has 0 N–H and O–H groups in total. The summed E-state index contributed by atoms with van der Waals surface area (Å²) in [6, 6.07) is 0. The van der Waals surface area contributed by atoms with Crippen LogP contribution in [0.1, 0.15) is 23.3 Å². The monoisotopic (exact) mass is 218 g/mol. The van der Waals surface area contributed by atoms with Crippen LogP contribution in [0.3, 0.4) is 0 Å². The Balaban J connectivity index is 2.41. The van der Waals surface area contributed by atoms with Gasteiger partial charge in [-0.05, 0) is 31.2 Å². The number of fused-ring (bicyclic) bond motifs is 3. The van der Waals surface area contributed by atoms with Gasteiger partial charge in [-0.15, -0.1) is 11.3 Å². The molecule has 2 heterocycles. The summed E-state index contributed by atoms with van der Waals surface area (Å²) in [5, 5.41) is 0. The third-order valence-corrected chi connectivity index (χ3v) is 3.98. The molecule has 1 aliphatic rings. The van der Waals surface area contributed by atoms with Crippen molar-refractivity contribution in [3.63, 3.8) is 0 Å². The van der Waals surface area contributed by atoms with Crippen molar-refractivity contribution in [2.24, 2.45) is 0 Å². The summed E-state index contributed by atoms with van der Waals surface area (Å²) in [5.41, 5.74) is 1.93. The third kappa shape index (κ3) is 1.45. The lowest BCUT2D eigenvalue weighted by Crippen LogP contribution is -2.03. The highest BCUT2D eigenvalue weighted by Gasteiger charge is 2.16. The highest BCUT2D eigenvalue weighted by molar-refractivity contribution is 7.19. The molecule has 15 heavy (non-hydrogen) atoms. The van der Waals surface area contributed by atoms with Gasteiger partial charge in [0.2, 0.25) is 0 Å². The van der Waals surface area contributed by atoms with Gasteiger partial charge in [-0.25, -0.2) is 4.98 Å². The molecule has 3 nitrogen and oxygen atoms in total. The number of rotatable bonds is 0. The molecule has 2 aromatic heterocycles. The fourth-order valence-corrected chi connectivity index (χ4v) is 3.30. The molecule has 0 spiro atoms. The van der Waals surface area contributed by atoms with E-state index in [2.05, 4.69) is 9.97 Å². The molecule has 2 aromatic rings. The SMILES string of the molecule is O=c1cncc2sc3c(c2n1)CCCC3. The van der Waals surface area contributed by atoms with Crippen molar-refractivity contribution >= 4 is 21.6 Å². The van der Waals surface area contributed by atoms with Crippen LogP contribution in [-0.4, -0.2) is 9.97 Å². The van der Waals surface area contributed by atoms with Gasteiger partial charge < -0.3 is 0 Å². The summed E-state index contributed by atoms with van der Waals surface area (Å²) >= 11 is 1.74. The van der Waals surface area contributed by atoms with Crippen molar-refractivity contribution in [1.82, 2.24) is 9.97 Å². The highest BCUT2D eigenvalue weighted by atomic mass is 32.1. The predicted octanol–water partition coefficient (Wildman–Crippen LogP) is 1.93. The van der Waals surface area contributed by atoms with Crippen LogP contribution in [0.15, 0.2) is 17.2 Å². The van der Waals surface area contributed by atoms with Crippen molar-refractivity contribution < 1.29 is 0 Å². The van der Waals surface area contributed by atoms with Crippen molar-refractivity contribution in [2.45, 2.75) is 25.7 Å². The van der Waals surface area contributed by atoms with Crippen LogP contribution in [0, 0.1) is 0 Å². The Labute approximate surface area is 90.8 Å². The molecule has 0 saturated heterocycles. The van der Waals surface area contributed by atoms with E-state index in [4.69, 9.17) is 0 Å². The van der Waals surface area contributed by atoms with E-state index in [1.54, 1.807) is 17.5 Å². The molecule has 76 valence electrons. The maximum atomic E-state index is 11.3. The fourth-order valence-electron chi connectivity index (χ4n) is 2.09. The Morgan fingerprint density at radius 3 is 3.00 bits per heavy atom. The summed E-state index contributed by atoms with van der Waals surface area (Å²) in [7, 11) is 0. The second-order valence-corrected chi connectivity index (χ2v) is 4.92. The van der Waals surface area contributed by atoms with Crippen LogP contribution in [-0.2, 0) is 12.8 Å². The van der Waals surface area contributed by atoms with Crippen LogP contribution in [0.5, 0.6) is 0 Å². The van der Waals surface area contributed by atoms with Crippen LogP contribution >= 0.6 is 11.3 Å². The molecule has 0 unspecified atom stereocenters. The topological polar surface area (TPSA) is 42.9 Å². The van der Waals surface area contributed by atoms with E-state index in [0.717, 1.165) is 23.1 Å². The van der Waals surface area contributed by atoms with E-state index in [9.17, 15) is 4.79 Å². The van der Waals surface area contributed by atoms with Crippen LogP contribution in [0.4, 0.5) is 0 Å². The molecule has 1 aliphatic carbocycles. The van der Waals surface area contributed by atoms with Gasteiger partial charge >= 0.3 is 0 Å². The Hall–Kier alpha value is -1.29. The Kier molecular flexibility index (Phi) is 2.02. The molecule has 0 aliphatic heterocycles. The highest BCUT2D eigenvalue weighted by Crippen LogP contribution is 2.33. The molecule has 0 saturated carbocycles. The van der Waals surface area contributed by atoms with E-state index in [0.29, 0.717) is 0 Å². The normalized spacial score (nSPS) is 15.2. The van der Waals surface area contributed by atoms with Crippen molar-refractivity contribution in [2.75, 3.05) is 0 Å². The second kappa shape index (κ2) is 3.38. The minimum absolute atomic E-state index is 0.240. The van der Waals surface area contributed by atoms with Crippen molar-refractivity contribution in [3.05, 3.63) is 33.2 Å². The molecule has 0 amide bonds. The Bertz CT molecular complexity index is 576. The third-order valence-electron chi connectivity index (χ3n) is 2.77. The lowest BCUT2D eigenvalue weighted by atomic mass is 9.98. The molecule has 0 bridgehead atoms. The minimum Gasteiger partial charge on any atom is -0.266 e. The average molecular weight is 218 g/mol. The maximum absolute atomic E-state index is 11.3. The zero-order chi connectivity index (χ0) is 10.3. The summed E-state index contributed by atoms with van der Waals surface area (Å²) in [6.45, 7) is 0. The van der Waals surface area contributed by atoms with Crippen LogP contribution in [0.2, 0.25) is 0 Å². The lowest BCUT2D eigenvalue weighted by Gasteiger charge is -2.09. The van der Waals surface area contributed by atoms with Crippen molar-refractivity contribution in [1.29, 1.82) is 0 Å². The van der Waals surface area contributed by atoms with E-state index in [1.807, 2.05) is 0 Å². The number of thiophene rings is 1. The first-order valence-electron chi connectivity index (χ1n) is 5.11. The van der Waals surface area contributed by atoms with E-state index in [-0.39, 0.29) is 5.56 Å². The Morgan fingerprint density at radius 2 is 2.07 bits per heavy atom. The summed E-state index contributed by atoms with van der Waals surface area (Å²) in [4.78, 5) is 20.8. The maximum Gasteiger partial charge on any atom is 0.288 e. The smallest absolute Gasteiger partial charge is 0.266 e. The van der Waals surface area contributed by atoms with Gasteiger partial charge in [0, 0.05) is 11.1 Å². The molecular formula is C11H10N2OS. The quantitative estimate of drug-likeness (QED) is 0.678. The van der Waals surface area contributed by atoms with E-state index < -0.39 is 0 Å². The van der Waals surface area contributed by atoms with Crippen LogP contribution in [0.25, 0.3) is 10.2 Å². The predicted molar refractivity (Wildman–Crippen MR) is 60.3 cm³/mol. The molecule has 4 heteroatoms. The van der Waals surface area contributed by atoms with E-state index >= 15 is 0 Å².